The van der Waals surface area contributed by atoms with Gasteiger partial charge in [0.05, 0.1) is 29.9 Å². The molecule has 170 valence electrons. The van der Waals surface area contributed by atoms with Crippen molar-refractivity contribution in [2.24, 2.45) is 0 Å². The molecule has 1 amide bonds. The molecule has 0 bridgehead atoms. The van der Waals surface area contributed by atoms with E-state index in [0.717, 1.165) is 4.47 Å². The lowest BCUT2D eigenvalue weighted by atomic mass is 10.1. The Balaban J connectivity index is 1.64. The molecule has 3 aromatic rings. The summed E-state index contributed by atoms with van der Waals surface area (Å²) >= 11 is 4.56. The zero-order valence-corrected chi connectivity index (χ0v) is 20.2. The second-order valence-electron chi connectivity index (χ2n) is 7.45. The number of nitrogens with zero attached hydrogens (tertiary/aromatic N) is 3. The van der Waals surface area contributed by atoms with Gasteiger partial charge in [-0.25, -0.2) is 4.98 Å². The lowest BCUT2D eigenvalue weighted by Gasteiger charge is -2.26. The number of morpholine rings is 1. The van der Waals surface area contributed by atoms with Gasteiger partial charge in [0.1, 0.15) is 0 Å². The number of thioether (sulfide) groups is 1. The molecule has 4 rings (SSSR count). The molecule has 0 atom stereocenters. The predicted octanol–water partition coefficient (Wildman–Crippen LogP) is 3.79. The van der Waals surface area contributed by atoms with Crippen molar-refractivity contribution in [3.8, 4) is 0 Å². The highest BCUT2D eigenvalue weighted by atomic mass is 79.9. The van der Waals surface area contributed by atoms with Crippen LogP contribution in [0.2, 0.25) is 0 Å². The number of halogens is 1. The number of hydrogen-bond acceptors (Lipinski definition) is 6. The van der Waals surface area contributed by atoms with Crippen molar-refractivity contribution in [1.29, 1.82) is 0 Å². The summed E-state index contributed by atoms with van der Waals surface area (Å²) < 4.78 is 7.71. The molecule has 1 aromatic heterocycles. The Hall–Kier alpha value is -2.75. The maximum Gasteiger partial charge on any atom is 0.262 e. The Bertz CT molecular complexity index is 1270. The number of carbonyl (C=O) groups is 2. The van der Waals surface area contributed by atoms with E-state index in [0.29, 0.717) is 53.5 Å². The fourth-order valence-corrected chi connectivity index (χ4v) is 4.70. The van der Waals surface area contributed by atoms with Crippen molar-refractivity contribution in [1.82, 2.24) is 14.5 Å². The van der Waals surface area contributed by atoms with Crippen LogP contribution < -0.4 is 5.56 Å². The average molecular weight is 528 g/mol. The number of ether oxygens (including phenoxy) is 1. The second kappa shape index (κ2) is 10.5. The third-order valence-corrected chi connectivity index (χ3v) is 6.78. The standard InChI is InChI=1S/C24H22BrN3O4S/c1-2-9-28-23(31)19-8-5-17(22(30)27-10-12-32-13-11-27)14-20(19)26-24(28)33-15-21(29)16-3-6-18(25)7-4-16/h2-8,14H,1,9-13,15H2. The van der Waals surface area contributed by atoms with Gasteiger partial charge in [-0.1, -0.05) is 45.9 Å². The third-order valence-electron chi connectivity index (χ3n) is 5.28. The van der Waals surface area contributed by atoms with Crippen LogP contribution in [0.1, 0.15) is 20.7 Å². The summed E-state index contributed by atoms with van der Waals surface area (Å²) in [6, 6.07) is 12.1. The van der Waals surface area contributed by atoms with E-state index < -0.39 is 0 Å². The molecule has 33 heavy (non-hydrogen) atoms. The Morgan fingerprint density at radius 3 is 2.52 bits per heavy atom. The lowest BCUT2D eigenvalue weighted by molar-refractivity contribution is 0.0303. The minimum absolute atomic E-state index is 0.0664. The van der Waals surface area contributed by atoms with E-state index in [-0.39, 0.29) is 29.5 Å². The van der Waals surface area contributed by atoms with Crippen molar-refractivity contribution in [2.75, 3.05) is 32.1 Å². The van der Waals surface area contributed by atoms with Gasteiger partial charge in [-0.05, 0) is 30.3 Å². The first-order valence-electron chi connectivity index (χ1n) is 10.4. The Morgan fingerprint density at radius 2 is 1.82 bits per heavy atom. The predicted molar refractivity (Wildman–Crippen MR) is 132 cm³/mol. The maximum atomic E-state index is 13.1. The van der Waals surface area contributed by atoms with Crippen LogP contribution in [-0.2, 0) is 11.3 Å². The Morgan fingerprint density at radius 1 is 1.12 bits per heavy atom. The zero-order chi connectivity index (χ0) is 23.4. The summed E-state index contributed by atoms with van der Waals surface area (Å²) in [6.07, 6.45) is 1.62. The van der Waals surface area contributed by atoms with Crippen LogP contribution >= 0.6 is 27.7 Å². The first-order valence-corrected chi connectivity index (χ1v) is 12.2. The largest absolute Gasteiger partial charge is 0.378 e. The van der Waals surface area contributed by atoms with Crippen LogP contribution in [0.15, 0.2) is 69.5 Å². The minimum atomic E-state index is -0.233. The number of fused-ring (bicyclic) bond motifs is 1. The van der Waals surface area contributed by atoms with E-state index in [4.69, 9.17) is 4.74 Å². The van der Waals surface area contributed by atoms with Gasteiger partial charge >= 0.3 is 0 Å². The van der Waals surface area contributed by atoms with E-state index in [2.05, 4.69) is 27.5 Å². The van der Waals surface area contributed by atoms with Crippen molar-refractivity contribution in [3.05, 3.63) is 81.1 Å². The van der Waals surface area contributed by atoms with Crippen LogP contribution in [0.25, 0.3) is 10.9 Å². The average Bonchev–Trinajstić information content (AvgIpc) is 2.84. The van der Waals surface area contributed by atoms with Crippen molar-refractivity contribution >= 4 is 50.3 Å². The van der Waals surface area contributed by atoms with Crippen LogP contribution in [0.5, 0.6) is 0 Å². The number of rotatable bonds is 7. The molecule has 0 radical (unpaired) electrons. The molecule has 1 aliphatic rings. The number of allylic oxidation sites excluding steroid dienone is 1. The molecular weight excluding hydrogens is 506 g/mol. The van der Waals surface area contributed by atoms with Gasteiger partial charge in [0, 0.05) is 35.2 Å². The van der Waals surface area contributed by atoms with E-state index in [1.165, 1.54) is 16.3 Å². The molecule has 0 spiro atoms. The molecule has 2 aromatic carbocycles. The van der Waals surface area contributed by atoms with E-state index >= 15 is 0 Å². The number of ketones is 1. The van der Waals surface area contributed by atoms with Crippen LogP contribution in [0.3, 0.4) is 0 Å². The summed E-state index contributed by atoms with van der Waals surface area (Å²) in [5.74, 6) is -0.0523. The van der Waals surface area contributed by atoms with Gasteiger partial charge in [0.25, 0.3) is 11.5 Å². The molecule has 1 fully saturated rings. The fourth-order valence-electron chi connectivity index (χ4n) is 3.53. The SMILES string of the molecule is C=CCn1c(SCC(=O)c2ccc(Br)cc2)nc2cc(C(=O)N3CCOCC3)ccc2c1=O. The fraction of sp³-hybridized carbons (Fsp3) is 0.250. The molecular formula is C24H22BrN3O4S. The number of carbonyl (C=O) groups excluding carboxylic acids is 2. The van der Waals surface area contributed by atoms with Gasteiger partial charge < -0.3 is 9.64 Å². The van der Waals surface area contributed by atoms with E-state index in [1.54, 1.807) is 41.3 Å². The first kappa shape index (κ1) is 23.4. The quantitative estimate of drug-likeness (QED) is 0.201. The van der Waals surface area contributed by atoms with Crippen molar-refractivity contribution < 1.29 is 14.3 Å². The highest BCUT2D eigenvalue weighted by Crippen LogP contribution is 2.21. The number of hydrogen-bond donors (Lipinski definition) is 0. The molecule has 0 aliphatic carbocycles. The van der Waals surface area contributed by atoms with Gasteiger partial charge in [0.15, 0.2) is 10.9 Å². The number of amides is 1. The summed E-state index contributed by atoms with van der Waals surface area (Å²) in [5, 5.41) is 0.827. The molecule has 0 unspecified atom stereocenters. The highest BCUT2D eigenvalue weighted by molar-refractivity contribution is 9.10. The van der Waals surface area contributed by atoms with Gasteiger partial charge in [0.2, 0.25) is 0 Å². The second-order valence-corrected chi connectivity index (χ2v) is 9.31. The van der Waals surface area contributed by atoms with Gasteiger partial charge in [-0.15, -0.1) is 6.58 Å². The molecule has 1 aliphatic heterocycles. The Kier molecular flexibility index (Phi) is 7.42. The number of aromatic nitrogens is 2. The van der Waals surface area contributed by atoms with Gasteiger partial charge in [-0.2, -0.15) is 0 Å². The summed E-state index contributed by atoms with van der Waals surface area (Å²) in [5.41, 5.74) is 1.25. The number of Topliss-reactive ketones (excluding diaryl/α,β-unsaturated/α-hetero) is 1. The molecule has 2 heterocycles. The highest BCUT2D eigenvalue weighted by Gasteiger charge is 2.20. The topological polar surface area (TPSA) is 81.5 Å². The molecule has 0 saturated carbocycles. The monoisotopic (exact) mass is 527 g/mol. The van der Waals surface area contributed by atoms with Crippen LogP contribution in [0, 0.1) is 0 Å². The molecule has 9 heteroatoms. The Labute approximate surface area is 203 Å². The number of benzene rings is 2. The summed E-state index contributed by atoms with van der Waals surface area (Å²) in [7, 11) is 0. The molecule has 0 N–H and O–H groups in total. The smallest absolute Gasteiger partial charge is 0.262 e. The van der Waals surface area contributed by atoms with Gasteiger partial charge in [-0.3, -0.25) is 19.0 Å². The lowest BCUT2D eigenvalue weighted by Crippen LogP contribution is -2.40. The van der Waals surface area contributed by atoms with Crippen molar-refractivity contribution in [3.63, 3.8) is 0 Å². The summed E-state index contributed by atoms with van der Waals surface area (Å²) in [4.78, 5) is 45.0. The third kappa shape index (κ3) is 5.26. The van der Waals surface area contributed by atoms with E-state index in [1.807, 2.05) is 12.1 Å². The van der Waals surface area contributed by atoms with Crippen molar-refractivity contribution in [2.45, 2.75) is 11.7 Å². The van der Waals surface area contributed by atoms with Crippen LogP contribution in [0.4, 0.5) is 0 Å². The minimum Gasteiger partial charge on any atom is -0.378 e. The normalized spacial score (nSPS) is 13.8. The van der Waals surface area contributed by atoms with Crippen LogP contribution in [-0.4, -0.2) is 58.2 Å². The molecule has 7 nitrogen and oxygen atoms in total. The van der Waals surface area contributed by atoms with E-state index in [9.17, 15) is 14.4 Å². The maximum absolute atomic E-state index is 13.1. The first-order chi connectivity index (χ1) is 16.0. The molecule has 1 saturated heterocycles. The zero-order valence-electron chi connectivity index (χ0n) is 17.8. The summed E-state index contributed by atoms with van der Waals surface area (Å²) in [6.45, 7) is 6.09.